The summed E-state index contributed by atoms with van der Waals surface area (Å²) in [4.78, 5) is 26.9. The molecule has 2 aromatic rings. The summed E-state index contributed by atoms with van der Waals surface area (Å²) in [5, 5.41) is 7.60. The number of nitrogens with zero attached hydrogens (tertiary/aromatic N) is 1. The summed E-state index contributed by atoms with van der Waals surface area (Å²) >= 11 is 1.30. The molecule has 0 saturated carbocycles. The molecule has 104 valence electrons. The van der Waals surface area contributed by atoms with Gasteiger partial charge >= 0.3 is 0 Å². The Morgan fingerprint density at radius 2 is 2.00 bits per heavy atom. The third-order valence-electron chi connectivity index (χ3n) is 2.38. The third-order valence-corrected chi connectivity index (χ3v) is 3.10. The summed E-state index contributed by atoms with van der Waals surface area (Å²) in [6.07, 6.45) is 0.165. The molecule has 7 heteroatoms. The fourth-order valence-electron chi connectivity index (χ4n) is 1.65. The van der Waals surface area contributed by atoms with Gasteiger partial charge in [0.15, 0.2) is 5.13 Å². The van der Waals surface area contributed by atoms with Crippen LogP contribution in [0.15, 0.2) is 29.6 Å². The van der Waals surface area contributed by atoms with E-state index in [-0.39, 0.29) is 18.2 Å². The van der Waals surface area contributed by atoms with Crippen molar-refractivity contribution in [2.45, 2.75) is 13.3 Å². The lowest BCUT2D eigenvalue weighted by Crippen LogP contribution is -2.15. The molecule has 0 aliphatic heterocycles. The molecular formula is C13H14N4O2S. The van der Waals surface area contributed by atoms with Crippen molar-refractivity contribution in [3.8, 4) is 0 Å². The largest absolute Gasteiger partial charge is 0.375 e. The van der Waals surface area contributed by atoms with Gasteiger partial charge in [-0.05, 0) is 18.2 Å². The Labute approximate surface area is 120 Å². The predicted octanol–water partition coefficient (Wildman–Crippen LogP) is 1.86. The summed E-state index contributed by atoms with van der Waals surface area (Å²) in [5.41, 5.74) is 7.40. The second-order valence-corrected chi connectivity index (χ2v) is 5.05. The summed E-state index contributed by atoms with van der Waals surface area (Å²) in [5.74, 6) is -0.346. The van der Waals surface area contributed by atoms with Gasteiger partial charge in [-0.25, -0.2) is 4.98 Å². The molecule has 0 unspecified atom stereocenters. The van der Waals surface area contributed by atoms with Gasteiger partial charge in [0.05, 0.1) is 12.1 Å². The minimum atomic E-state index is -0.185. The SMILES string of the molecule is CC(=O)Nc1cccc(NC(=O)Cc2csc(N)n2)c1. The Kier molecular flexibility index (Phi) is 4.31. The molecule has 0 fully saturated rings. The van der Waals surface area contributed by atoms with Crippen LogP contribution < -0.4 is 16.4 Å². The number of anilines is 3. The van der Waals surface area contributed by atoms with Crippen molar-refractivity contribution in [2.24, 2.45) is 0 Å². The van der Waals surface area contributed by atoms with Gasteiger partial charge in [0, 0.05) is 23.7 Å². The zero-order chi connectivity index (χ0) is 14.5. The Morgan fingerprint density at radius 1 is 1.30 bits per heavy atom. The molecule has 20 heavy (non-hydrogen) atoms. The average Bonchev–Trinajstić information content (AvgIpc) is 2.74. The molecule has 1 heterocycles. The topological polar surface area (TPSA) is 97.1 Å². The van der Waals surface area contributed by atoms with Crippen LogP contribution in [0.5, 0.6) is 0 Å². The normalized spacial score (nSPS) is 10.1. The number of benzene rings is 1. The maximum atomic E-state index is 11.8. The van der Waals surface area contributed by atoms with Gasteiger partial charge < -0.3 is 16.4 Å². The first-order chi connectivity index (χ1) is 9.52. The molecular weight excluding hydrogens is 276 g/mol. The highest BCUT2D eigenvalue weighted by Gasteiger charge is 2.07. The first-order valence-corrected chi connectivity index (χ1v) is 6.78. The Bertz CT molecular complexity index is 639. The number of nitrogens with two attached hydrogens (primary N) is 1. The van der Waals surface area contributed by atoms with Crippen molar-refractivity contribution in [2.75, 3.05) is 16.4 Å². The number of hydrogen-bond donors (Lipinski definition) is 3. The number of rotatable bonds is 4. The standard InChI is InChI=1S/C13H14N4O2S/c1-8(18)15-9-3-2-4-10(5-9)16-12(19)6-11-7-20-13(14)17-11/h2-5,7H,6H2,1H3,(H2,14,17)(H,15,18)(H,16,19). The second kappa shape index (κ2) is 6.16. The van der Waals surface area contributed by atoms with Gasteiger partial charge in [-0.1, -0.05) is 6.07 Å². The number of carbonyl (C=O) groups excluding carboxylic acids is 2. The third kappa shape index (κ3) is 4.06. The zero-order valence-corrected chi connectivity index (χ0v) is 11.7. The van der Waals surface area contributed by atoms with Crippen LogP contribution in [0.1, 0.15) is 12.6 Å². The zero-order valence-electron chi connectivity index (χ0n) is 10.8. The summed E-state index contributed by atoms with van der Waals surface area (Å²) in [6, 6.07) is 6.94. The van der Waals surface area contributed by atoms with Crippen LogP contribution in [0.2, 0.25) is 0 Å². The van der Waals surface area contributed by atoms with E-state index in [2.05, 4.69) is 15.6 Å². The first kappa shape index (κ1) is 14.0. The van der Waals surface area contributed by atoms with E-state index in [4.69, 9.17) is 5.73 Å². The van der Waals surface area contributed by atoms with E-state index in [0.717, 1.165) is 0 Å². The average molecular weight is 290 g/mol. The molecule has 0 spiro atoms. The molecule has 1 aromatic carbocycles. The van der Waals surface area contributed by atoms with Gasteiger partial charge in [-0.2, -0.15) is 0 Å². The van der Waals surface area contributed by atoms with E-state index in [0.29, 0.717) is 22.2 Å². The molecule has 2 amide bonds. The lowest BCUT2D eigenvalue weighted by molar-refractivity contribution is -0.116. The smallest absolute Gasteiger partial charge is 0.230 e. The van der Waals surface area contributed by atoms with Crippen LogP contribution in [0, 0.1) is 0 Å². The maximum absolute atomic E-state index is 11.8. The van der Waals surface area contributed by atoms with Gasteiger partial charge in [0.1, 0.15) is 0 Å². The van der Waals surface area contributed by atoms with Crippen molar-refractivity contribution >= 4 is 39.7 Å². The summed E-state index contributed by atoms with van der Waals surface area (Å²) in [7, 11) is 0. The Balaban J connectivity index is 1.98. The maximum Gasteiger partial charge on any atom is 0.230 e. The van der Waals surface area contributed by atoms with Gasteiger partial charge in [0.2, 0.25) is 11.8 Å². The Morgan fingerprint density at radius 3 is 2.60 bits per heavy atom. The molecule has 0 aliphatic rings. The van der Waals surface area contributed by atoms with Crippen molar-refractivity contribution < 1.29 is 9.59 Å². The van der Waals surface area contributed by atoms with Crippen molar-refractivity contribution in [3.63, 3.8) is 0 Å². The van der Waals surface area contributed by atoms with E-state index < -0.39 is 0 Å². The summed E-state index contributed by atoms with van der Waals surface area (Å²) in [6.45, 7) is 1.43. The molecule has 2 rings (SSSR count). The van der Waals surface area contributed by atoms with E-state index >= 15 is 0 Å². The highest BCUT2D eigenvalue weighted by molar-refractivity contribution is 7.13. The fourth-order valence-corrected chi connectivity index (χ4v) is 2.21. The van der Waals surface area contributed by atoms with Crippen molar-refractivity contribution in [3.05, 3.63) is 35.3 Å². The molecule has 0 aliphatic carbocycles. The Hall–Kier alpha value is -2.41. The number of thiazole rings is 1. The van der Waals surface area contributed by atoms with Crippen molar-refractivity contribution in [1.29, 1.82) is 0 Å². The van der Waals surface area contributed by atoms with Crippen LogP contribution in [-0.4, -0.2) is 16.8 Å². The number of hydrogen-bond acceptors (Lipinski definition) is 5. The molecule has 0 saturated heterocycles. The minimum Gasteiger partial charge on any atom is -0.375 e. The highest BCUT2D eigenvalue weighted by Crippen LogP contribution is 2.16. The summed E-state index contributed by atoms with van der Waals surface area (Å²) < 4.78 is 0. The predicted molar refractivity (Wildman–Crippen MR) is 79.6 cm³/mol. The highest BCUT2D eigenvalue weighted by atomic mass is 32.1. The number of amides is 2. The number of aromatic nitrogens is 1. The molecule has 0 atom stereocenters. The molecule has 0 radical (unpaired) electrons. The van der Waals surface area contributed by atoms with Crippen molar-refractivity contribution in [1.82, 2.24) is 4.98 Å². The van der Waals surface area contributed by atoms with E-state index in [1.807, 2.05) is 0 Å². The van der Waals surface area contributed by atoms with Crippen LogP contribution in [0.25, 0.3) is 0 Å². The van der Waals surface area contributed by atoms with Crippen LogP contribution in [-0.2, 0) is 16.0 Å². The quantitative estimate of drug-likeness (QED) is 0.800. The van der Waals surface area contributed by atoms with E-state index in [1.54, 1.807) is 29.6 Å². The number of nitrogen functional groups attached to an aromatic ring is 1. The van der Waals surface area contributed by atoms with E-state index in [1.165, 1.54) is 18.3 Å². The van der Waals surface area contributed by atoms with Crippen LogP contribution >= 0.6 is 11.3 Å². The van der Waals surface area contributed by atoms with Gasteiger partial charge in [-0.3, -0.25) is 9.59 Å². The molecule has 0 bridgehead atoms. The first-order valence-electron chi connectivity index (χ1n) is 5.90. The number of nitrogens with one attached hydrogen (secondary N) is 2. The lowest BCUT2D eigenvalue weighted by atomic mass is 10.2. The molecule has 4 N–H and O–H groups in total. The fraction of sp³-hybridized carbons (Fsp3) is 0.154. The van der Waals surface area contributed by atoms with E-state index in [9.17, 15) is 9.59 Å². The molecule has 1 aromatic heterocycles. The second-order valence-electron chi connectivity index (χ2n) is 4.16. The van der Waals surface area contributed by atoms with Gasteiger partial charge in [0.25, 0.3) is 0 Å². The monoisotopic (exact) mass is 290 g/mol. The van der Waals surface area contributed by atoms with Gasteiger partial charge in [-0.15, -0.1) is 11.3 Å². The van der Waals surface area contributed by atoms with Crippen LogP contribution in [0.4, 0.5) is 16.5 Å². The molecule has 6 nitrogen and oxygen atoms in total. The lowest BCUT2D eigenvalue weighted by Gasteiger charge is -2.07. The number of carbonyl (C=O) groups is 2. The van der Waals surface area contributed by atoms with Crippen LogP contribution in [0.3, 0.4) is 0 Å². The minimum absolute atomic E-state index is 0.161.